The number of amides is 1. The summed E-state index contributed by atoms with van der Waals surface area (Å²) in [4.78, 5) is 14.2. The number of hydrazine groups is 1. The molecule has 1 fully saturated rings. The van der Waals surface area contributed by atoms with Crippen LogP contribution in [0.15, 0.2) is 30.3 Å². The Bertz CT molecular complexity index is 418. The highest BCUT2D eigenvalue weighted by Crippen LogP contribution is 2.23. The molecule has 1 aromatic carbocycles. The van der Waals surface area contributed by atoms with Gasteiger partial charge in [0.1, 0.15) is 6.04 Å². The van der Waals surface area contributed by atoms with E-state index in [1.807, 2.05) is 37.4 Å². The third kappa shape index (κ3) is 3.79. The van der Waals surface area contributed by atoms with E-state index in [0.717, 1.165) is 38.2 Å². The van der Waals surface area contributed by atoms with Crippen molar-refractivity contribution >= 4 is 5.91 Å². The fourth-order valence-electron chi connectivity index (χ4n) is 2.76. The topological polar surface area (TPSA) is 67.6 Å². The lowest BCUT2D eigenvalue weighted by molar-refractivity contribution is -0.126. The lowest BCUT2D eigenvalue weighted by atomic mass is 9.97. The average molecular weight is 277 g/mol. The normalized spacial score (nSPS) is 17.9. The van der Waals surface area contributed by atoms with Crippen LogP contribution in [0.5, 0.6) is 0 Å². The quantitative estimate of drug-likeness (QED) is 0.480. The van der Waals surface area contributed by atoms with Gasteiger partial charge < -0.3 is 4.74 Å². The Hall–Kier alpha value is -1.43. The van der Waals surface area contributed by atoms with Crippen molar-refractivity contribution in [1.29, 1.82) is 0 Å². The van der Waals surface area contributed by atoms with E-state index in [4.69, 9.17) is 10.6 Å². The number of carbonyl (C=O) groups is 1. The fourth-order valence-corrected chi connectivity index (χ4v) is 2.76. The number of likely N-dealkylation sites (N-methyl/N-ethyl adjacent to an activating group) is 1. The molecule has 3 N–H and O–H groups in total. The first-order chi connectivity index (χ1) is 9.72. The van der Waals surface area contributed by atoms with E-state index in [0.29, 0.717) is 5.92 Å². The molecule has 20 heavy (non-hydrogen) atoms. The summed E-state index contributed by atoms with van der Waals surface area (Å²) in [5.41, 5.74) is 3.24. The van der Waals surface area contributed by atoms with Crippen LogP contribution in [0, 0.1) is 5.92 Å². The summed E-state index contributed by atoms with van der Waals surface area (Å²) < 4.78 is 5.38. The second-order valence-corrected chi connectivity index (χ2v) is 5.32. The van der Waals surface area contributed by atoms with Crippen LogP contribution >= 0.6 is 0 Å². The summed E-state index contributed by atoms with van der Waals surface area (Å²) >= 11 is 0. The van der Waals surface area contributed by atoms with Crippen molar-refractivity contribution in [1.82, 2.24) is 10.3 Å². The molecule has 0 aromatic heterocycles. The highest BCUT2D eigenvalue weighted by molar-refractivity contribution is 5.82. The van der Waals surface area contributed by atoms with Crippen molar-refractivity contribution < 1.29 is 9.53 Å². The van der Waals surface area contributed by atoms with Gasteiger partial charge in [-0.1, -0.05) is 30.3 Å². The molecular formula is C15H23N3O2. The first kappa shape index (κ1) is 15.0. The number of hydrogen-bond donors (Lipinski definition) is 2. The van der Waals surface area contributed by atoms with Crippen LogP contribution < -0.4 is 11.3 Å². The molecule has 1 saturated heterocycles. The monoisotopic (exact) mass is 277 g/mol. The van der Waals surface area contributed by atoms with Crippen molar-refractivity contribution in [2.24, 2.45) is 11.8 Å². The molecule has 0 aliphatic carbocycles. The Labute approximate surface area is 120 Å². The lowest BCUT2D eigenvalue weighted by Gasteiger charge is -2.32. The SMILES string of the molecule is CN(CC1CCOCC1)C(C(=O)NN)c1ccccc1. The van der Waals surface area contributed by atoms with Gasteiger partial charge in [0.15, 0.2) is 0 Å². The molecule has 1 amide bonds. The molecule has 1 aliphatic heterocycles. The largest absolute Gasteiger partial charge is 0.381 e. The third-order valence-electron chi connectivity index (χ3n) is 3.83. The van der Waals surface area contributed by atoms with Gasteiger partial charge in [-0.25, -0.2) is 5.84 Å². The minimum Gasteiger partial charge on any atom is -0.381 e. The van der Waals surface area contributed by atoms with Crippen molar-refractivity contribution in [2.45, 2.75) is 18.9 Å². The molecule has 0 spiro atoms. The van der Waals surface area contributed by atoms with Gasteiger partial charge in [-0.3, -0.25) is 15.1 Å². The zero-order valence-electron chi connectivity index (χ0n) is 11.9. The maximum atomic E-state index is 12.1. The van der Waals surface area contributed by atoms with Crippen LogP contribution in [0.2, 0.25) is 0 Å². The van der Waals surface area contributed by atoms with Crippen molar-refractivity contribution in [2.75, 3.05) is 26.8 Å². The minimum atomic E-state index is -0.343. The van der Waals surface area contributed by atoms with Crippen LogP contribution in [-0.2, 0) is 9.53 Å². The summed E-state index contributed by atoms with van der Waals surface area (Å²) in [5.74, 6) is 5.73. The van der Waals surface area contributed by atoms with Crippen LogP contribution in [0.3, 0.4) is 0 Å². The number of benzene rings is 1. The van der Waals surface area contributed by atoms with Crippen molar-refractivity contribution in [3.8, 4) is 0 Å². The number of rotatable bonds is 5. The molecule has 2 rings (SSSR count). The number of carbonyl (C=O) groups excluding carboxylic acids is 1. The molecule has 1 atom stereocenters. The van der Waals surface area contributed by atoms with E-state index in [1.54, 1.807) is 0 Å². The molecular weight excluding hydrogens is 254 g/mol. The second kappa shape index (κ2) is 7.38. The highest BCUT2D eigenvalue weighted by Gasteiger charge is 2.27. The van der Waals surface area contributed by atoms with Gasteiger partial charge >= 0.3 is 0 Å². The first-order valence-electron chi connectivity index (χ1n) is 7.05. The number of nitrogens with one attached hydrogen (secondary N) is 1. The predicted octanol–water partition coefficient (Wildman–Crippen LogP) is 1.08. The van der Waals surface area contributed by atoms with Crippen LogP contribution in [0.25, 0.3) is 0 Å². The highest BCUT2D eigenvalue weighted by atomic mass is 16.5. The number of ether oxygens (including phenoxy) is 1. The number of nitrogens with zero attached hydrogens (tertiary/aromatic N) is 1. The third-order valence-corrected chi connectivity index (χ3v) is 3.83. The Kier molecular flexibility index (Phi) is 5.52. The standard InChI is InChI=1S/C15H23N3O2/c1-18(11-12-7-9-20-10-8-12)14(15(19)17-16)13-5-3-2-4-6-13/h2-6,12,14H,7-11,16H2,1H3,(H,17,19). The molecule has 0 bridgehead atoms. The van der Waals surface area contributed by atoms with Crippen molar-refractivity contribution in [3.63, 3.8) is 0 Å². The van der Waals surface area contributed by atoms with Gasteiger partial charge in [-0.15, -0.1) is 0 Å². The Morgan fingerprint density at radius 2 is 2.05 bits per heavy atom. The van der Waals surface area contributed by atoms with Gasteiger partial charge in [0.05, 0.1) is 0 Å². The van der Waals surface area contributed by atoms with Gasteiger partial charge in [-0.05, 0) is 31.4 Å². The van der Waals surface area contributed by atoms with Gasteiger partial charge in [0.2, 0.25) is 0 Å². The molecule has 1 aromatic rings. The van der Waals surface area contributed by atoms with E-state index in [9.17, 15) is 4.79 Å². The maximum absolute atomic E-state index is 12.1. The van der Waals surface area contributed by atoms with E-state index < -0.39 is 0 Å². The van der Waals surface area contributed by atoms with E-state index in [1.165, 1.54) is 0 Å². The molecule has 1 unspecified atom stereocenters. The smallest absolute Gasteiger partial charge is 0.255 e. The predicted molar refractivity (Wildman–Crippen MR) is 77.7 cm³/mol. The van der Waals surface area contributed by atoms with E-state index in [-0.39, 0.29) is 11.9 Å². The van der Waals surface area contributed by atoms with Gasteiger partial charge in [0, 0.05) is 19.8 Å². The fraction of sp³-hybridized carbons (Fsp3) is 0.533. The number of nitrogens with two attached hydrogens (primary N) is 1. The maximum Gasteiger partial charge on any atom is 0.255 e. The molecule has 5 nitrogen and oxygen atoms in total. The first-order valence-corrected chi connectivity index (χ1v) is 7.05. The Morgan fingerprint density at radius 1 is 1.40 bits per heavy atom. The minimum absolute atomic E-state index is 0.175. The zero-order chi connectivity index (χ0) is 14.4. The van der Waals surface area contributed by atoms with Gasteiger partial charge in [0.25, 0.3) is 5.91 Å². The zero-order valence-corrected chi connectivity index (χ0v) is 11.9. The summed E-state index contributed by atoms with van der Waals surface area (Å²) in [6.07, 6.45) is 2.10. The molecule has 0 saturated carbocycles. The van der Waals surface area contributed by atoms with E-state index >= 15 is 0 Å². The number of hydrogen-bond acceptors (Lipinski definition) is 4. The summed E-state index contributed by atoms with van der Waals surface area (Å²) in [6, 6.07) is 9.40. The molecule has 1 aliphatic rings. The summed E-state index contributed by atoms with van der Waals surface area (Å²) in [5, 5.41) is 0. The molecule has 110 valence electrons. The van der Waals surface area contributed by atoms with Crippen LogP contribution in [0.4, 0.5) is 0 Å². The van der Waals surface area contributed by atoms with Crippen molar-refractivity contribution in [3.05, 3.63) is 35.9 Å². The molecule has 1 heterocycles. The summed E-state index contributed by atoms with van der Waals surface area (Å²) in [6.45, 7) is 2.51. The van der Waals surface area contributed by atoms with Gasteiger partial charge in [-0.2, -0.15) is 0 Å². The van der Waals surface area contributed by atoms with E-state index in [2.05, 4.69) is 10.3 Å². The second-order valence-electron chi connectivity index (χ2n) is 5.32. The average Bonchev–Trinajstić information content (AvgIpc) is 2.49. The van der Waals surface area contributed by atoms with Crippen LogP contribution in [0.1, 0.15) is 24.4 Å². The van der Waals surface area contributed by atoms with Crippen LogP contribution in [-0.4, -0.2) is 37.6 Å². The Morgan fingerprint density at radius 3 is 2.65 bits per heavy atom. The molecule has 5 heteroatoms. The molecule has 0 radical (unpaired) electrons. The lowest BCUT2D eigenvalue weighted by Crippen LogP contribution is -2.43. The Balaban J connectivity index is 2.07. The summed E-state index contributed by atoms with van der Waals surface area (Å²) in [7, 11) is 1.97.